The predicted molar refractivity (Wildman–Crippen MR) is 36.0 cm³/mol. The number of hydrogen-bond acceptors (Lipinski definition) is 4. The molecular weight excluding hydrogens is 191 g/mol. The van der Waals surface area contributed by atoms with Crippen LogP contribution in [-0.4, -0.2) is 18.4 Å². The monoisotopic (exact) mass is 194 g/mol. The summed E-state index contributed by atoms with van der Waals surface area (Å²) in [5, 5.41) is 0. The Hall–Kier alpha value is -1.44. The van der Waals surface area contributed by atoms with Gasteiger partial charge in [-0.1, -0.05) is 0 Å². The highest BCUT2D eigenvalue weighted by molar-refractivity contribution is 7.86. The summed E-state index contributed by atoms with van der Waals surface area (Å²) in [6.07, 6.45) is 0.497. The average Bonchev–Trinajstić information content (AvgIpc) is 1.83. The second-order valence-electron chi connectivity index (χ2n) is 1.87. The van der Waals surface area contributed by atoms with Crippen molar-refractivity contribution in [1.82, 2.24) is 9.97 Å². The zero-order chi connectivity index (χ0) is 9.35. The molecule has 66 valence electrons. The Morgan fingerprint density at radius 1 is 1.33 bits per heavy atom. The van der Waals surface area contributed by atoms with Gasteiger partial charge in [0.15, 0.2) is 4.90 Å². The van der Waals surface area contributed by atoms with Crippen molar-refractivity contribution in [2.75, 3.05) is 0 Å². The Kier molecular flexibility index (Phi) is 1.84. The van der Waals surface area contributed by atoms with Gasteiger partial charge < -0.3 is 4.98 Å². The quantitative estimate of drug-likeness (QED) is 0.544. The molecule has 0 fully saturated rings. The first kappa shape index (κ1) is 8.65. The summed E-state index contributed by atoms with van der Waals surface area (Å²) in [6, 6.07) is 0. The lowest BCUT2D eigenvalue weighted by atomic mass is 10.7. The number of rotatable bonds is 1. The second-order valence-corrected chi connectivity index (χ2v) is 3.19. The molecule has 0 aliphatic carbocycles. The molecule has 0 atom stereocenters. The summed E-state index contributed by atoms with van der Waals surface area (Å²) in [6.45, 7) is 0. The van der Waals surface area contributed by atoms with Crippen molar-refractivity contribution in [3.63, 3.8) is 0 Å². The molecule has 12 heavy (non-hydrogen) atoms. The molecule has 8 heteroatoms. The lowest BCUT2D eigenvalue weighted by Gasteiger charge is -1.89. The van der Waals surface area contributed by atoms with Gasteiger partial charge in [0, 0.05) is 6.20 Å². The third-order valence-electron chi connectivity index (χ3n) is 1.05. The molecule has 0 aliphatic heterocycles. The molecule has 2 N–H and O–H groups in total. The van der Waals surface area contributed by atoms with Gasteiger partial charge in [0.2, 0.25) is 0 Å². The zero-order valence-electron chi connectivity index (χ0n) is 5.50. The topological polar surface area (TPSA) is 99.9 Å². The van der Waals surface area contributed by atoms with Crippen LogP contribution in [-0.2, 0) is 10.2 Å². The molecule has 0 aliphatic rings. The van der Waals surface area contributed by atoms with Crippen molar-refractivity contribution >= 4 is 10.2 Å². The highest BCUT2D eigenvalue weighted by Gasteiger charge is 2.16. The van der Waals surface area contributed by atoms with Gasteiger partial charge in [-0.25, -0.2) is 4.79 Å². The zero-order valence-corrected chi connectivity index (χ0v) is 6.31. The summed E-state index contributed by atoms with van der Waals surface area (Å²) < 4.78 is 32.5. The highest BCUT2D eigenvalue weighted by atomic mass is 32.3. The molecule has 1 rings (SSSR count). The van der Waals surface area contributed by atoms with Crippen LogP contribution >= 0.6 is 0 Å². The molecule has 0 unspecified atom stereocenters. The number of aromatic nitrogens is 2. The van der Waals surface area contributed by atoms with Gasteiger partial charge in [0.25, 0.3) is 5.56 Å². The SMILES string of the molecule is O=c1[nH]cc(S(=O)(=O)F)c(=O)[nH]1. The lowest BCUT2D eigenvalue weighted by molar-refractivity contribution is 0.549. The molecule has 0 spiro atoms. The molecule has 0 aromatic carbocycles. The molecular formula is C4H3FN2O4S. The van der Waals surface area contributed by atoms with E-state index in [1.54, 1.807) is 4.98 Å². The maximum absolute atomic E-state index is 12.1. The Morgan fingerprint density at radius 3 is 2.33 bits per heavy atom. The van der Waals surface area contributed by atoms with Gasteiger partial charge in [-0.05, 0) is 0 Å². The van der Waals surface area contributed by atoms with Crippen molar-refractivity contribution in [3.05, 3.63) is 27.0 Å². The van der Waals surface area contributed by atoms with Gasteiger partial charge in [0.1, 0.15) is 0 Å². The van der Waals surface area contributed by atoms with Crippen LogP contribution < -0.4 is 11.2 Å². The first-order valence-electron chi connectivity index (χ1n) is 2.68. The van der Waals surface area contributed by atoms with E-state index in [1.807, 2.05) is 4.98 Å². The number of aromatic amines is 2. The van der Waals surface area contributed by atoms with Gasteiger partial charge in [-0.2, -0.15) is 8.42 Å². The number of nitrogens with one attached hydrogen (secondary N) is 2. The number of hydrogen-bond donors (Lipinski definition) is 2. The largest absolute Gasteiger partial charge is 0.339 e. The molecule has 1 aromatic heterocycles. The van der Waals surface area contributed by atoms with Crippen LogP contribution in [0, 0.1) is 0 Å². The van der Waals surface area contributed by atoms with E-state index in [2.05, 4.69) is 0 Å². The first-order valence-corrected chi connectivity index (χ1v) is 4.06. The van der Waals surface area contributed by atoms with Crippen LogP contribution in [0.15, 0.2) is 20.7 Å². The Morgan fingerprint density at radius 2 is 1.92 bits per heavy atom. The van der Waals surface area contributed by atoms with E-state index in [0.29, 0.717) is 6.20 Å². The smallest absolute Gasteiger partial charge is 0.313 e. The van der Waals surface area contributed by atoms with Crippen molar-refractivity contribution in [1.29, 1.82) is 0 Å². The van der Waals surface area contributed by atoms with Crippen LogP contribution in [0.3, 0.4) is 0 Å². The van der Waals surface area contributed by atoms with Crippen molar-refractivity contribution < 1.29 is 12.3 Å². The Balaban J connectivity index is 3.61. The Bertz CT molecular complexity index is 498. The highest BCUT2D eigenvalue weighted by Crippen LogP contribution is 2.01. The normalized spacial score (nSPS) is 11.4. The van der Waals surface area contributed by atoms with Crippen molar-refractivity contribution in [3.8, 4) is 0 Å². The average molecular weight is 194 g/mol. The summed E-state index contributed by atoms with van der Waals surface area (Å²) in [5.74, 6) is 0. The van der Waals surface area contributed by atoms with E-state index < -0.39 is 26.4 Å². The minimum Gasteiger partial charge on any atom is -0.313 e. The van der Waals surface area contributed by atoms with Crippen LogP contribution in [0.2, 0.25) is 0 Å². The van der Waals surface area contributed by atoms with E-state index >= 15 is 0 Å². The lowest BCUT2D eigenvalue weighted by Crippen LogP contribution is -2.25. The van der Waals surface area contributed by atoms with Gasteiger partial charge >= 0.3 is 15.9 Å². The number of H-pyrrole nitrogens is 2. The fraction of sp³-hybridized carbons (Fsp3) is 0. The molecule has 0 amide bonds. The van der Waals surface area contributed by atoms with E-state index in [4.69, 9.17) is 0 Å². The third-order valence-corrected chi connectivity index (χ3v) is 1.88. The van der Waals surface area contributed by atoms with Gasteiger partial charge in [-0.15, -0.1) is 3.89 Å². The maximum Gasteiger partial charge on any atom is 0.339 e. The fourth-order valence-electron chi connectivity index (χ4n) is 0.579. The van der Waals surface area contributed by atoms with Gasteiger partial charge in [-0.3, -0.25) is 9.78 Å². The van der Waals surface area contributed by atoms with E-state index in [0.717, 1.165) is 0 Å². The van der Waals surface area contributed by atoms with E-state index in [-0.39, 0.29) is 0 Å². The summed E-state index contributed by atoms with van der Waals surface area (Å²) in [4.78, 5) is 23.2. The molecule has 6 nitrogen and oxygen atoms in total. The Labute approximate surface area is 65.3 Å². The summed E-state index contributed by atoms with van der Waals surface area (Å²) >= 11 is 0. The molecule has 0 bridgehead atoms. The minimum atomic E-state index is -5.06. The van der Waals surface area contributed by atoms with E-state index in [1.165, 1.54) is 0 Å². The van der Waals surface area contributed by atoms with E-state index in [9.17, 15) is 21.9 Å². The fourth-order valence-corrected chi connectivity index (χ4v) is 1.05. The molecule has 1 heterocycles. The van der Waals surface area contributed by atoms with Crippen LogP contribution in [0.25, 0.3) is 0 Å². The van der Waals surface area contributed by atoms with Crippen molar-refractivity contribution in [2.45, 2.75) is 4.90 Å². The van der Waals surface area contributed by atoms with Gasteiger partial charge in [0.05, 0.1) is 0 Å². The summed E-state index contributed by atoms with van der Waals surface area (Å²) in [5.41, 5.74) is -2.17. The van der Waals surface area contributed by atoms with Crippen molar-refractivity contribution in [2.24, 2.45) is 0 Å². The molecule has 0 saturated heterocycles. The first-order chi connectivity index (χ1) is 5.41. The minimum absolute atomic E-state index is 0.497. The third kappa shape index (κ3) is 1.59. The van der Waals surface area contributed by atoms with Crippen LogP contribution in [0.5, 0.6) is 0 Å². The summed E-state index contributed by atoms with van der Waals surface area (Å²) in [7, 11) is -5.06. The maximum atomic E-state index is 12.1. The predicted octanol–water partition coefficient (Wildman–Crippen LogP) is -1.28. The molecule has 1 aromatic rings. The second kappa shape index (κ2) is 2.55. The molecule has 0 saturated carbocycles. The molecule has 0 radical (unpaired) electrons. The number of halogens is 1. The standard InChI is InChI=1S/C4H3FN2O4S/c5-12(10,11)2-1-6-4(9)7-3(2)8/h1H,(H2,6,7,8,9). The van der Waals surface area contributed by atoms with Crippen LogP contribution in [0.4, 0.5) is 3.89 Å². The van der Waals surface area contributed by atoms with Crippen LogP contribution in [0.1, 0.15) is 0 Å².